The van der Waals surface area contributed by atoms with Crippen molar-refractivity contribution in [2.75, 3.05) is 27.9 Å². The van der Waals surface area contributed by atoms with Gasteiger partial charge in [-0.2, -0.15) is 4.98 Å². The number of aryl methyl sites for hydroxylation is 1. The molecule has 1 aromatic carbocycles. The molecule has 1 aliphatic rings. The van der Waals surface area contributed by atoms with E-state index in [2.05, 4.69) is 20.3 Å². The van der Waals surface area contributed by atoms with Crippen LogP contribution in [-0.4, -0.2) is 33.9 Å². The van der Waals surface area contributed by atoms with Gasteiger partial charge in [-0.15, -0.1) is 0 Å². The van der Waals surface area contributed by atoms with Gasteiger partial charge in [0.1, 0.15) is 5.82 Å². The lowest BCUT2D eigenvalue weighted by Crippen LogP contribution is -2.46. The zero-order valence-electron chi connectivity index (χ0n) is 16.7. The molecule has 3 amide bonds. The van der Waals surface area contributed by atoms with Crippen LogP contribution in [0.25, 0.3) is 0 Å². The van der Waals surface area contributed by atoms with E-state index in [0.29, 0.717) is 35.1 Å². The van der Waals surface area contributed by atoms with E-state index in [4.69, 9.17) is 17.3 Å². The molecule has 0 atom stereocenters. The number of benzene rings is 1. The first-order chi connectivity index (χ1) is 14.9. The largest absolute Gasteiger partial charge is 0.368 e. The summed E-state index contributed by atoms with van der Waals surface area (Å²) in [6, 6.07) is 8.48. The van der Waals surface area contributed by atoms with Gasteiger partial charge in [-0.3, -0.25) is 19.6 Å². The third-order valence-electron chi connectivity index (χ3n) is 4.91. The number of nitrogens with two attached hydrogens (primary N) is 1. The molecule has 3 heterocycles. The summed E-state index contributed by atoms with van der Waals surface area (Å²) in [4.78, 5) is 40.4. The predicted octanol–water partition coefficient (Wildman–Crippen LogP) is 3.25. The average molecular weight is 438 g/mol. The third kappa shape index (κ3) is 4.41. The average Bonchev–Trinajstić information content (AvgIpc) is 2.77. The SMILES string of the molecule is CN1C(=O)N(c2cc(NC(=O)CCc3cccnc3)ccc2Cl)Cc2cnc(N)nc21. The van der Waals surface area contributed by atoms with Crippen molar-refractivity contribution in [2.45, 2.75) is 19.4 Å². The van der Waals surface area contributed by atoms with Gasteiger partial charge in [0, 0.05) is 43.3 Å². The van der Waals surface area contributed by atoms with E-state index in [1.807, 2.05) is 12.1 Å². The van der Waals surface area contributed by atoms with Crippen LogP contribution in [0.15, 0.2) is 48.9 Å². The Kier molecular flexibility index (Phi) is 5.68. The van der Waals surface area contributed by atoms with Gasteiger partial charge in [-0.05, 0) is 36.2 Å². The fourth-order valence-electron chi connectivity index (χ4n) is 3.34. The molecule has 10 heteroatoms. The molecular formula is C21H20ClN7O2. The topological polar surface area (TPSA) is 117 Å². The minimum Gasteiger partial charge on any atom is -0.368 e. The second kappa shape index (κ2) is 8.57. The van der Waals surface area contributed by atoms with Crippen LogP contribution in [0.2, 0.25) is 5.02 Å². The van der Waals surface area contributed by atoms with Gasteiger partial charge in [-0.1, -0.05) is 17.7 Å². The molecule has 9 nitrogen and oxygen atoms in total. The van der Waals surface area contributed by atoms with E-state index in [0.717, 1.165) is 11.1 Å². The Morgan fingerprint density at radius 1 is 1.29 bits per heavy atom. The Balaban J connectivity index is 1.52. The molecule has 0 bridgehead atoms. The van der Waals surface area contributed by atoms with Crippen LogP contribution in [0.3, 0.4) is 0 Å². The Hall–Kier alpha value is -3.72. The number of pyridine rings is 1. The molecule has 0 saturated heterocycles. The number of nitrogens with one attached hydrogen (secondary N) is 1. The molecule has 3 aromatic rings. The standard InChI is InChI=1S/C21H20ClN7O2/c1-28-19-14(11-25-20(23)27-19)12-29(21(28)31)17-9-15(5-6-16(17)22)26-18(30)7-4-13-3-2-8-24-10-13/h2-3,5-6,8-11H,4,7,12H2,1H3,(H,26,30)(H2,23,25,27). The molecule has 1 aliphatic heterocycles. The van der Waals surface area contributed by atoms with Gasteiger partial charge in [0.2, 0.25) is 11.9 Å². The molecule has 0 radical (unpaired) electrons. The zero-order valence-corrected chi connectivity index (χ0v) is 17.5. The van der Waals surface area contributed by atoms with Crippen molar-refractivity contribution < 1.29 is 9.59 Å². The summed E-state index contributed by atoms with van der Waals surface area (Å²) in [6.45, 7) is 0.233. The van der Waals surface area contributed by atoms with Crippen molar-refractivity contribution >= 4 is 46.7 Å². The van der Waals surface area contributed by atoms with E-state index in [9.17, 15) is 9.59 Å². The fraction of sp³-hybridized carbons (Fsp3) is 0.190. The molecule has 158 valence electrons. The summed E-state index contributed by atoms with van der Waals surface area (Å²) in [5.74, 6) is 0.416. The maximum atomic E-state index is 12.9. The molecule has 3 N–H and O–H groups in total. The number of carbonyl (C=O) groups excluding carboxylic acids is 2. The second-order valence-electron chi connectivity index (χ2n) is 7.08. The summed E-state index contributed by atoms with van der Waals surface area (Å²) < 4.78 is 0. The van der Waals surface area contributed by atoms with Crippen LogP contribution in [0.4, 0.5) is 27.9 Å². The van der Waals surface area contributed by atoms with E-state index >= 15 is 0 Å². The predicted molar refractivity (Wildman–Crippen MR) is 119 cm³/mol. The fourth-order valence-corrected chi connectivity index (χ4v) is 3.55. The van der Waals surface area contributed by atoms with Crippen LogP contribution in [0.1, 0.15) is 17.5 Å². The van der Waals surface area contributed by atoms with Crippen LogP contribution in [0.5, 0.6) is 0 Å². The Morgan fingerprint density at radius 3 is 2.90 bits per heavy atom. The lowest BCUT2D eigenvalue weighted by Gasteiger charge is -2.34. The quantitative estimate of drug-likeness (QED) is 0.632. The number of fused-ring (bicyclic) bond motifs is 1. The first kappa shape index (κ1) is 20.5. The highest BCUT2D eigenvalue weighted by molar-refractivity contribution is 6.34. The normalized spacial score (nSPS) is 13.2. The summed E-state index contributed by atoms with van der Waals surface area (Å²) in [7, 11) is 1.61. The highest BCUT2D eigenvalue weighted by Crippen LogP contribution is 2.35. The van der Waals surface area contributed by atoms with E-state index < -0.39 is 0 Å². The van der Waals surface area contributed by atoms with Crippen molar-refractivity contribution in [3.63, 3.8) is 0 Å². The molecular weight excluding hydrogens is 418 g/mol. The monoisotopic (exact) mass is 437 g/mol. The molecule has 0 saturated carbocycles. The highest BCUT2D eigenvalue weighted by atomic mass is 35.5. The van der Waals surface area contributed by atoms with Gasteiger partial charge < -0.3 is 11.1 Å². The first-order valence-corrected chi connectivity index (χ1v) is 9.95. The summed E-state index contributed by atoms with van der Waals surface area (Å²) in [6.07, 6.45) is 5.90. The Labute approximate surface area is 183 Å². The number of halogens is 1. The number of nitrogens with zero attached hydrogens (tertiary/aromatic N) is 5. The molecule has 4 rings (SSSR count). The van der Waals surface area contributed by atoms with Crippen LogP contribution in [0, 0.1) is 0 Å². The molecule has 0 spiro atoms. The number of hydrogen-bond acceptors (Lipinski definition) is 6. The zero-order chi connectivity index (χ0) is 22.0. The van der Waals surface area contributed by atoms with Crippen molar-refractivity contribution in [1.29, 1.82) is 0 Å². The Morgan fingerprint density at radius 2 is 2.13 bits per heavy atom. The molecule has 2 aromatic heterocycles. The van der Waals surface area contributed by atoms with Crippen molar-refractivity contribution in [1.82, 2.24) is 15.0 Å². The van der Waals surface area contributed by atoms with Gasteiger partial charge >= 0.3 is 6.03 Å². The lowest BCUT2D eigenvalue weighted by atomic mass is 10.1. The van der Waals surface area contributed by atoms with Crippen LogP contribution >= 0.6 is 11.6 Å². The number of hydrogen-bond donors (Lipinski definition) is 2. The number of urea groups is 1. The smallest absolute Gasteiger partial charge is 0.330 e. The van der Waals surface area contributed by atoms with Gasteiger partial charge in [0.05, 0.1) is 17.3 Å². The first-order valence-electron chi connectivity index (χ1n) is 9.57. The number of aromatic nitrogens is 3. The molecule has 0 fully saturated rings. The lowest BCUT2D eigenvalue weighted by molar-refractivity contribution is -0.116. The minimum atomic E-state index is -0.312. The van der Waals surface area contributed by atoms with E-state index in [1.54, 1.807) is 43.8 Å². The van der Waals surface area contributed by atoms with Crippen LogP contribution in [-0.2, 0) is 17.8 Å². The number of amides is 3. The van der Waals surface area contributed by atoms with Gasteiger partial charge in [0.25, 0.3) is 0 Å². The summed E-state index contributed by atoms with van der Waals surface area (Å²) in [5.41, 5.74) is 8.39. The second-order valence-corrected chi connectivity index (χ2v) is 7.49. The van der Waals surface area contributed by atoms with Crippen molar-refractivity contribution in [2.24, 2.45) is 0 Å². The van der Waals surface area contributed by atoms with E-state index in [-0.39, 0.29) is 24.4 Å². The number of nitrogen functional groups attached to an aromatic ring is 1. The number of anilines is 4. The van der Waals surface area contributed by atoms with E-state index in [1.165, 1.54) is 9.80 Å². The maximum absolute atomic E-state index is 12.9. The molecule has 0 aliphatic carbocycles. The summed E-state index contributed by atoms with van der Waals surface area (Å²) >= 11 is 6.39. The third-order valence-corrected chi connectivity index (χ3v) is 5.23. The Bertz CT molecular complexity index is 1140. The highest BCUT2D eigenvalue weighted by Gasteiger charge is 2.31. The van der Waals surface area contributed by atoms with Gasteiger partial charge in [-0.25, -0.2) is 9.78 Å². The number of carbonyl (C=O) groups is 2. The minimum absolute atomic E-state index is 0.0980. The number of rotatable bonds is 5. The molecule has 31 heavy (non-hydrogen) atoms. The molecule has 0 unspecified atom stereocenters. The maximum Gasteiger partial charge on any atom is 0.330 e. The van der Waals surface area contributed by atoms with Crippen molar-refractivity contribution in [3.8, 4) is 0 Å². The summed E-state index contributed by atoms with van der Waals surface area (Å²) in [5, 5.41) is 3.24. The van der Waals surface area contributed by atoms with Crippen LogP contribution < -0.4 is 20.9 Å². The van der Waals surface area contributed by atoms with Crippen molar-refractivity contribution in [3.05, 3.63) is 65.1 Å². The van der Waals surface area contributed by atoms with Gasteiger partial charge in [0.15, 0.2) is 0 Å².